The van der Waals surface area contributed by atoms with E-state index in [2.05, 4.69) is 0 Å². The molecule has 12 nitrogen and oxygen atoms in total. The van der Waals surface area contributed by atoms with Gasteiger partial charge < -0.3 is 63.1 Å². The van der Waals surface area contributed by atoms with E-state index in [1.165, 1.54) is 0 Å². The zero-order valence-electron chi connectivity index (χ0n) is 11.7. The van der Waals surface area contributed by atoms with E-state index in [9.17, 15) is 0 Å². The second-order valence-corrected chi connectivity index (χ2v) is 1.39. The minimum absolute atomic E-state index is 0. The fourth-order valence-corrected chi connectivity index (χ4v) is 0. The van der Waals surface area contributed by atoms with Crippen LogP contribution < -0.4 is 80.9 Å². The van der Waals surface area contributed by atoms with Gasteiger partial charge in [-0.25, -0.2) is 0 Å². The van der Waals surface area contributed by atoms with Gasteiger partial charge >= 0.3 is 110 Å². The van der Waals surface area contributed by atoms with Crippen molar-refractivity contribution in [3.05, 3.63) is 0 Å². The first-order valence-electron chi connectivity index (χ1n) is 3.10. The van der Waals surface area contributed by atoms with Gasteiger partial charge in [0, 0.05) is 0 Å². The van der Waals surface area contributed by atoms with Crippen molar-refractivity contribution in [1.82, 2.24) is 0 Å². The first kappa shape index (κ1) is 37.0. The number of hydrogen-bond donors (Lipinski definition) is 12. The molecular formula is H14B4KNaO12. The van der Waals surface area contributed by atoms with Crippen LogP contribution in [0.2, 0.25) is 0 Å². The van der Waals surface area contributed by atoms with Crippen LogP contribution in [0, 0.1) is 0 Å². The van der Waals surface area contributed by atoms with Crippen LogP contribution in [0.15, 0.2) is 0 Å². The van der Waals surface area contributed by atoms with E-state index in [1.54, 1.807) is 0 Å². The Bertz CT molecular complexity index is 76.4. The standard InChI is InChI=1S/4BH3O3.K.Na.2H/c4*2-1(3)4;;;;/h4*2-4H;;;;/q;;;;2*+1;2*-1. The quantitative estimate of drug-likeness (QED) is 0.186. The molecule has 0 aliphatic heterocycles. The van der Waals surface area contributed by atoms with E-state index >= 15 is 0 Å². The first-order chi connectivity index (χ1) is 6.93. The van der Waals surface area contributed by atoms with Gasteiger partial charge in [-0.05, 0) is 0 Å². The molecule has 18 heavy (non-hydrogen) atoms. The van der Waals surface area contributed by atoms with Crippen LogP contribution in [0.3, 0.4) is 0 Å². The molecule has 100 valence electrons. The molecule has 0 aliphatic carbocycles. The van der Waals surface area contributed by atoms with Gasteiger partial charge in [-0.15, -0.1) is 0 Å². The maximum absolute atomic E-state index is 7.17. The number of hydrogen-bond acceptors (Lipinski definition) is 12. The fourth-order valence-electron chi connectivity index (χ4n) is 0. The Morgan fingerprint density at radius 3 is 0.389 bits per heavy atom. The molecule has 0 rings (SSSR count). The van der Waals surface area contributed by atoms with Crippen LogP contribution in [0.1, 0.15) is 2.85 Å². The summed E-state index contributed by atoms with van der Waals surface area (Å²) in [5, 5.41) is 86.0. The van der Waals surface area contributed by atoms with Gasteiger partial charge in [-0.3, -0.25) is 0 Å². The zero-order chi connectivity index (χ0) is 14.3. The van der Waals surface area contributed by atoms with Crippen LogP contribution in [-0.4, -0.2) is 89.6 Å². The Morgan fingerprint density at radius 1 is 0.389 bits per heavy atom. The van der Waals surface area contributed by atoms with Gasteiger partial charge in [0.1, 0.15) is 0 Å². The third-order valence-electron chi connectivity index (χ3n) is 0. The average Bonchev–Trinajstić information content (AvgIpc) is 1.76. The van der Waals surface area contributed by atoms with Crippen LogP contribution in [0.25, 0.3) is 0 Å². The summed E-state index contributed by atoms with van der Waals surface area (Å²) >= 11 is 0. The van der Waals surface area contributed by atoms with Crippen molar-refractivity contribution in [2.75, 3.05) is 0 Å². The number of rotatable bonds is 0. The maximum Gasteiger partial charge on any atom is 1.00 e. The van der Waals surface area contributed by atoms with Gasteiger partial charge in [0.05, 0.1) is 0 Å². The Morgan fingerprint density at radius 2 is 0.389 bits per heavy atom. The molecule has 0 bridgehead atoms. The molecule has 0 saturated carbocycles. The molecule has 0 heterocycles. The van der Waals surface area contributed by atoms with Gasteiger partial charge in [-0.1, -0.05) is 0 Å². The van der Waals surface area contributed by atoms with Gasteiger partial charge in [0.15, 0.2) is 0 Å². The van der Waals surface area contributed by atoms with Gasteiger partial charge in [0.2, 0.25) is 0 Å². The smallest absolute Gasteiger partial charge is 1.00 e. The summed E-state index contributed by atoms with van der Waals surface area (Å²) in [6.45, 7) is 0. The summed E-state index contributed by atoms with van der Waals surface area (Å²) in [7, 11) is -8.67. The summed E-state index contributed by atoms with van der Waals surface area (Å²) in [5.74, 6) is 0. The molecule has 0 spiro atoms. The summed E-state index contributed by atoms with van der Waals surface area (Å²) in [4.78, 5) is 0. The van der Waals surface area contributed by atoms with E-state index < -0.39 is 29.3 Å². The van der Waals surface area contributed by atoms with E-state index in [0.717, 1.165) is 0 Å². The third kappa shape index (κ3) is 957. The molecule has 0 amide bonds. The van der Waals surface area contributed by atoms with Crippen molar-refractivity contribution in [3.8, 4) is 0 Å². The topological polar surface area (TPSA) is 243 Å². The molecule has 0 fully saturated rings. The van der Waals surface area contributed by atoms with E-state index in [0.29, 0.717) is 0 Å². The predicted octanol–water partition coefficient (Wildman–Crippen LogP) is -14.0. The Labute approximate surface area is 171 Å². The van der Waals surface area contributed by atoms with Crippen LogP contribution in [0.4, 0.5) is 0 Å². The second-order valence-electron chi connectivity index (χ2n) is 1.39. The van der Waals surface area contributed by atoms with Gasteiger partial charge in [0.25, 0.3) is 0 Å². The monoisotopic (exact) mass is 312 g/mol. The van der Waals surface area contributed by atoms with E-state index in [-0.39, 0.29) is 83.8 Å². The molecule has 0 aromatic carbocycles. The van der Waals surface area contributed by atoms with Crippen LogP contribution in [-0.2, 0) is 0 Å². The molecule has 0 saturated heterocycles. The Hall–Kier alpha value is 2.42. The van der Waals surface area contributed by atoms with Crippen molar-refractivity contribution in [3.63, 3.8) is 0 Å². The minimum atomic E-state index is -2.17. The van der Waals surface area contributed by atoms with Gasteiger partial charge in [-0.2, -0.15) is 0 Å². The molecule has 18 heteroatoms. The molecule has 12 N–H and O–H groups in total. The Balaban J connectivity index is -0.0000000150. The molecule has 0 aliphatic rings. The van der Waals surface area contributed by atoms with Crippen molar-refractivity contribution < 1.29 is 144 Å². The predicted molar refractivity (Wildman–Crippen MR) is 51.9 cm³/mol. The first-order valence-corrected chi connectivity index (χ1v) is 3.10. The molecular weight excluding hydrogens is 297 g/mol. The third-order valence-corrected chi connectivity index (χ3v) is 0. The fraction of sp³-hybridized carbons (Fsp3) is 0. The largest absolute Gasteiger partial charge is 1.00 e. The maximum atomic E-state index is 7.17. The molecule has 0 atom stereocenters. The Kier molecular flexibility index (Phi) is 65.2. The van der Waals surface area contributed by atoms with Crippen molar-refractivity contribution >= 4 is 29.3 Å². The van der Waals surface area contributed by atoms with Crippen molar-refractivity contribution in [2.24, 2.45) is 0 Å². The molecule has 0 unspecified atom stereocenters. The molecule has 0 aromatic rings. The van der Waals surface area contributed by atoms with E-state index in [1.807, 2.05) is 0 Å². The summed E-state index contributed by atoms with van der Waals surface area (Å²) < 4.78 is 0. The molecule has 0 radical (unpaired) electrons. The summed E-state index contributed by atoms with van der Waals surface area (Å²) in [6, 6.07) is 0. The zero-order valence-corrected chi connectivity index (χ0v) is 14.8. The second kappa shape index (κ2) is 31.7. The minimum Gasteiger partial charge on any atom is -1.00 e. The summed E-state index contributed by atoms with van der Waals surface area (Å²) in [5.41, 5.74) is 0. The van der Waals surface area contributed by atoms with Crippen LogP contribution >= 0.6 is 0 Å². The normalized spacial score (nSPS) is 6.00. The van der Waals surface area contributed by atoms with Crippen LogP contribution in [0.5, 0.6) is 0 Å². The van der Waals surface area contributed by atoms with E-state index in [4.69, 9.17) is 60.3 Å². The summed E-state index contributed by atoms with van der Waals surface area (Å²) in [6.07, 6.45) is 0. The molecule has 0 aromatic heterocycles. The SMILES string of the molecule is OB(O)O.OB(O)O.OB(O)O.OB(O)O.[H-].[H-].[K+].[Na+]. The average molecular weight is 311 g/mol. The van der Waals surface area contributed by atoms with Crippen molar-refractivity contribution in [1.29, 1.82) is 0 Å². The van der Waals surface area contributed by atoms with Crippen molar-refractivity contribution in [2.45, 2.75) is 0 Å².